The number of nitrogens with zero attached hydrogens (tertiary/aromatic N) is 9. The predicted molar refractivity (Wildman–Crippen MR) is 429 cm³/mol. The Morgan fingerprint density at radius 3 is 1.92 bits per heavy atom. The first-order valence-electron chi connectivity index (χ1n) is 33.8. The highest BCUT2D eigenvalue weighted by molar-refractivity contribution is 6.39. The van der Waals surface area contributed by atoms with Crippen molar-refractivity contribution in [2.24, 2.45) is 5.41 Å². The van der Waals surface area contributed by atoms with Crippen LogP contribution in [0.3, 0.4) is 0 Å². The second-order valence-electron chi connectivity index (χ2n) is 24.9. The van der Waals surface area contributed by atoms with E-state index in [4.69, 9.17) is 132 Å². The molecule has 9 aromatic rings. The summed E-state index contributed by atoms with van der Waals surface area (Å²) in [4.78, 5) is 46.1. The van der Waals surface area contributed by atoms with E-state index in [1.807, 2.05) is 107 Å². The van der Waals surface area contributed by atoms with E-state index in [1.165, 1.54) is 12.7 Å². The standard InChI is InChI=1S/C21H22ClNO4.C19H17Cl2N3O3.C17H24ClNO2.C15H17Cl2N3O.C6H4Cl2N2O2/c1-25-19-8-5-16(13-20(19)26-2)18(15-3-6-17(22)7-4-15)14-21(24)23-9-11-27-12-10-23;1-13-9-25-19(27-13,10-24-12-22-11-23-24)17-7-6-16(8-18(17)21)26-15-4-2-14(20)3-5-15;1-4-7-11-21-13-19(16(20)12-18)17-14(5-2)9-8-10-15(17)6-3;1-15(2,3)14(21)13(20-9-18-8-19-20)6-10-4-5-11(16)7-12(10)17;7-4-1-3(10(11)12)2-5(8)6(4)9/h3-8,13-14H,9-12H2,1-2H3;2-8,11-13H,9-10H2,1H3;4,7-10H,5-6,11-13H2,1-3H3;4-9,14,21H,1-3H3;1-2H,9H2/b18-14+;;7-4-;13-6+;. The summed E-state index contributed by atoms with van der Waals surface area (Å²) in [5, 5.41) is 32.2. The fraction of sp³-hybridized carbons (Fsp3) is 0.308. The molecule has 3 atom stereocenters. The molecule has 2 aliphatic heterocycles. The SMILES string of the molecule is C/C=C\COCN(C(=O)CCl)c1c(CC)cccc1CC.CC(C)(C)C(O)/C(=C\c1ccc(Cl)cc1Cl)n1cncn1.CC1COC(Cn2cncn2)(c2ccc(Oc3ccc(Cl)cc3)cc2Cl)O1.COc1ccc(/C(=C/C(=O)N2CCOCC2)c2ccc(Cl)cc2)cc1OC.Nc1c(Cl)cc([N+](=O)[O-])cc1Cl. The number of nitro benzene ring substituents is 1. The first-order valence-corrected chi connectivity index (χ1v) is 37.0. The summed E-state index contributed by atoms with van der Waals surface area (Å²) in [7, 11) is 3.18. The summed E-state index contributed by atoms with van der Waals surface area (Å²) < 4.78 is 42.8. The fourth-order valence-corrected chi connectivity index (χ4v) is 12.3. The molecule has 2 saturated heterocycles. The van der Waals surface area contributed by atoms with Crippen LogP contribution >= 0.6 is 92.8 Å². The van der Waals surface area contributed by atoms with Crippen LogP contribution in [0.25, 0.3) is 17.3 Å². The van der Waals surface area contributed by atoms with Crippen molar-refractivity contribution in [1.82, 2.24) is 34.4 Å². The van der Waals surface area contributed by atoms with Gasteiger partial charge in [-0.05, 0) is 150 Å². The number of non-ortho nitro benzene ring substituents is 1. The maximum atomic E-state index is 12.8. The van der Waals surface area contributed by atoms with Crippen LogP contribution in [0.2, 0.25) is 35.2 Å². The van der Waals surface area contributed by atoms with Gasteiger partial charge in [-0.15, -0.1) is 11.6 Å². The van der Waals surface area contributed by atoms with Crippen molar-refractivity contribution in [1.29, 1.82) is 0 Å². The van der Waals surface area contributed by atoms with Gasteiger partial charge in [0.2, 0.25) is 17.6 Å². The molecule has 30 heteroatoms. The Morgan fingerprint density at radius 1 is 0.769 bits per heavy atom. The predicted octanol–water partition coefficient (Wildman–Crippen LogP) is 18.7. The van der Waals surface area contributed by atoms with E-state index in [0.29, 0.717) is 105 Å². The second kappa shape index (κ2) is 42.6. The highest BCUT2D eigenvalue weighted by atomic mass is 35.5. The van der Waals surface area contributed by atoms with Gasteiger partial charge in [0.1, 0.15) is 62.1 Å². The molecule has 2 fully saturated rings. The number of alkyl halides is 1. The third-order valence-electron chi connectivity index (χ3n) is 16.3. The lowest BCUT2D eigenvalue weighted by atomic mass is 9.86. The van der Waals surface area contributed by atoms with Crippen molar-refractivity contribution in [2.75, 3.05) is 77.0 Å². The van der Waals surface area contributed by atoms with E-state index in [0.717, 1.165) is 64.1 Å². The number of nitrogens with two attached hydrogens (primary N) is 1. The number of rotatable bonds is 22. The summed E-state index contributed by atoms with van der Waals surface area (Å²) in [5.41, 5.74) is 12.9. The number of aryl methyl sites for hydroxylation is 2. The van der Waals surface area contributed by atoms with Crippen LogP contribution in [-0.4, -0.2) is 135 Å². The number of methoxy groups -OCH3 is 2. The van der Waals surface area contributed by atoms with Crippen molar-refractivity contribution in [3.05, 3.63) is 256 Å². The maximum Gasteiger partial charge on any atom is 0.272 e. The number of allylic oxidation sites excluding steroid dienone is 1. The fourth-order valence-electron chi connectivity index (χ4n) is 10.7. The lowest BCUT2D eigenvalue weighted by molar-refractivity contribution is -0.384. The van der Waals surface area contributed by atoms with Gasteiger partial charge in [-0.1, -0.05) is 170 Å². The van der Waals surface area contributed by atoms with Crippen LogP contribution in [0.1, 0.15) is 81.8 Å². The van der Waals surface area contributed by atoms with Gasteiger partial charge in [-0.3, -0.25) is 24.6 Å². The normalized spacial score (nSPS) is 15.2. The van der Waals surface area contributed by atoms with Crippen molar-refractivity contribution in [3.63, 3.8) is 0 Å². The van der Waals surface area contributed by atoms with Gasteiger partial charge >= 0.3 is 0 Å². The molecule has 0 saturated carbocycles. The molecule has 11 rings (SSSR count). The molecule has 2 aliphatic rings. The number of hydrogen-bond donors (Lipinski definition) is 2. The summed E-state index contributed by atoms with van der Waals surface area (Å²) in [5.74, 6) is 1.27. The number of benzene rings is 7. The number of amides is 2. The second-order valence-corrected chi connectivity index (χ2v) is 28.1. The number of aliphatic hydroxyl groups excluding tert-OH is 1. The van der Waals surface area contributed by atoms with Gasteiger partial charge in [0.15, 0.2) is 11.5 Å². The average molecular weight is 1640 g/mol. The molecule has 574 valence electrons. The first-order chi connectivity index (χ1) is 51.7. The maximum absolute atomic E-state index is 12.8. The Hall–Kier alpha value is -8.30. The lowest BCUT2D eigenvalue weighted by Gasteiger charge is -2.29. The summed E-state index contributed by atoms with van der Waals surface area (Å²) >= 11 is 47.5. The Morgan fingerprint density at radius 2 is 1.38 bits per heavy atom. The molecule has 3 unspecified atom stereocenters. The number of halogens is 8. The topological polar surface area (TPSA) is 256 Å². The van der Waals surface area contributed by atoms with Crippen molar-refractivity contribution in [2.45, 2.75) is 85.8 Å². The van der Waals surface area contributed by atoms with E-state index in [1.54, 1.807) is 107 Å². The van der Waals surface area contributed by atoms with Gasteiger partial charge in [-0.25, -0.2) is 19.3 Å². The van der Waals surface area contributed by atoms with E-state index in [9.17, 15) is 24.8 Å². The summed E-state index contributed by atoms with van der Waals surface area (Å²) in [6.07, 6.45) is 14.3. The van der Waals surface area contributed by atoms with E-state index in [2.05, 4.69) is 46.1 Å². The van der Waals surface area contributed by atoms with Crippen LogP contribution in [0.4, 0.5) is 17.1 Å². The van der Waals surface area contributed by atoms with Gasteiger partial charge in [-0.2, -0.15) is 10.2 Å². The zero-order valence-corrected chi connectivity index (χ0v) is 66.9. The molecule has 0 aliphatic carbocycles. The van der Waals surface area contributed by atoms with Gasteiger partial charge in [0, 0.05) is 57.0 Å². The number of anilines is 2. The van der Waals surface area contributed by atoms with Gasteiger partial charge in [0.25, 0.3) is 5.69 Å². The number of para-hydroxylation sites is 1. The largest absolute Gasteiger partial charge is 0.493 e. The molecular weight excluding hydrogens is 1550 g/mol. The number of aliphatic hydroxyl groups is 1. The average Bonchev–Trinajstić information content (AvgIpc) is 1.58. The summed E-state index contributed by atoms with van der Waals surface area (Å²) in [6, 6.07) is 39.2. The molecule has 0 radical (unpaired) electrons. The molecule has 2 amide bonds. The third-order valence-corrected chi connectivity index (χ3v) is 18.5. The van der Waals surface area contributed by atoms with Crippen LogP contribution < -0.4 is 24.8 Å². The van der Waals surface area contributed by atoms with E-state index >= 15 is 0 Å². The Balaban J connectivity index is 0.000000192. The first kappa shape index (κ1) is 86.9. The highest BCUT2D eigenvalue weighted by Gasteiger charge is 2.44. The van der Waals surface area contributed by atoms with Crippen LogP contribution in [0, 0.1) is 15.5 Å². The molecule has 22 nitrogen and oxygen atoms in total. The highest BCUT2D eigenvalue weighted by Crippen LogP contribution is 2.42. The Bertz CT molecular complexity index is 4460. The number of morpholine rings is 1. The molecule has 7 aromatic carbocycles. The number of aromatic nitrogens is 6. The quantitative estimate of drug-likeness (QED) is 0.00934. The third kappa shape index (κ3) is 25.1. The molecule has 0 bridgehead atoms. The minimum Gasteiger partial charge on any atom is -0.493 e. The Kier molecular flexibility index (Phi) is 34.3. The van der Waals surface area contributed by atoms with Crippen molar-refractivity contribution < 1.29 is 52.8 Å². The van der Waals surface area contributed by atoms with Crippen molar-refractivity contribution >= 4 is 139 Å². The minimum absolute atomic E-state index is 0.0435. The van der Waals surface area contributed by atoms with Crippen LogP contribution in [0.5, 0.6) is 23.0 Å². The molecule has 108 heavy (non-hydrogen) atoms. The minimum atomic E-state index is -1.02. The number of hydrogen-bond acceptors (Lipinski definition) is 17. The van der Waals surface area contributed by atoms with Gasteiger partial charge < -0.3 is 48.9 Å². The lowest BCUT2D eigenvalue weighted by Crippen LogP contribution is -2.39. The smallest absolute Gasteiger partial charge is 0.272 e. The molecule has 4 heterocycles. The molecule has 3 N–H and O–H groups in total. The molecule has 0 spiro atoms. The zero-order valence-electron chi connectivity index (χ0n) is 60.8. The van der Waals surface area contributed by atoms with Gasteiger partial charge in [0.05, 0.1) is 83.8 Å². The van der Waals surface area contributed by atoms with Crippen molar-refractivity contribution in [3.8, 4) is 23.0 Å². The number of ether oxygens (including phenoxy) is 7. The number of carbonyl (C=O) groups is 2. The number of nitrogen functional groups attached to an aromatic ring is 1. The Labute approximate surface area is 668 Å². The monoisotopic (exact) mass is 1630 g/mol. The van der Waals surface area contributed by atoms with Crippen LogP contribution in [0.15, 0.2) is 177 Å². The number of carbonyl (C=O) groups excluding carboxylic acids is 2. The molecular formula is C78H84Cl8N10O12. The van der Waals surface area contributed by atoms with E-state index in [-0.39, 0.29) is 57.4 Å². The molecule has 2 aromatic heterocycles. The summed E-state index contributed by atoms with van der Waals surface area (Å²) in [6.45, 7) is 17.7. The van der Waals surface area contributed by atoms with Crippen LogP contribution in [-0.2, 0) is 53.7 Å². The zero-order chi connectivity index (χ0) is 78.7. The number of nitro groups is 1. The van der Waals surface area contributed by atoms with E-state index < -0.39 is 16.8 Å².